The Labute approximate surface area is 123 Å². The second-order valence-electron chi connectivity index (χ2n) is 5.40. The van der Waals surface area contributed by atoms with E-state index >= 15 is 0 Å². The molecule has 1 aliphatic carbocycles. The van der Waals surface area contributed by atoms with E-state index in [9.17, 15) is 0 Å². The van der Waals surface area contributed by atoms with Gasteiger partial charge in [0.15, 0.2) is 0 Å². The van der Waals surface area contributed by atoms with Crippen LogP contribution in [0.1, 0.15) is 44.6 Å². The molecule has 0 unspecified atom stereocenters. The van der Waals surface area contributed by atoms with Crippen LogP contribution in [0.5, 0.6) is 0 Å². The zero-order chi connectivity index (χ0) is 13.0. The van der Waals surface area contributed by atoms with Crippen molar-refractivity contribution in [2.24, 2.45) is 5.41 Å². The van der Waals surface area contributed by atoms with Gasteiger partial charge in [0.05, 0.1) is 0 Å². The van der Waals surface area contributed by atoms with Crippen LogP contribution in [0.25, 0.3) is 0 Å². The van der Waals surface area contributed by atoms with Crippen LogP contribution in [0, 0.1) is 5.41 Å². The summed E-state index contributed by atoms with van der Waals surface area (Å²) in [6.07, 6.45) is 6.83. The standard InChI is InChI=1S/C15H21BrClN/c1-2-15(7-3-4-8-15)11-18-10-12-9-13(16)5-6-14(12)17/h5-6,9,18H,2-4,7-8,10-11H2,1H3. The Bertz CT molecular complexity index is 399. The van der Waals surface area contributed by atoms with E-state index in [1.807, 2.05) is 12.1 Å². The highest BCUT2D eigenvalue weighted by molar-refractivity contribution is 9.10. The molecular formula is C15H21BrClN. The number of hydrogen-bond donors (Lipinski definition) is 1. The summed E-state index contributed by atoms with van der Waals surface area (Å²) in [7, 11) is 0. The molecule has 1 aromatic carbocycles. The molecule has 0 amide bonds. The summed E-state index contributed by atoms with van der Waals surface area (Å²) in [6.45, 7) is 4.30. The lowest BCUT2D eigenvalue weighted by atomic mass is 9.83. The summed E-state index contributed by atoms with van der Waals surface area (Å²) in [6, 6.07) is 6.03. The number of benzene rings is 1. The molecule has 0 atom stereocenters. The van der Waals surface area contributed by atoms with E-state index in [0.29, 0.717) is 5.41 Å². The zero-order valence-corrected chi connectivity index (χ0v) is 13.3. The Balaban J connectivity index is 1.89. The Morgan fingerprint density at radius 1 is 1.33 bits per heavy atom. The topological polar surface area (TPSA) is 12.0 Å². The average Bonchev–Trinajstić information content (AvgIpc) is 2.83. The summed E-state index contributed by atoms with van der Waals surface area (Å²) >= 11 is 9.69. The lowest BCUT2D eigenvalue weighted by Crippen LogP contribution is -2.31. The van der Waals surface area contributed by atoms with Crippen LogP contribution in [0.3, 0.4) is 0 Å². The first-order valence-electron chi connectivity index (χ1n) is 6.80. The van der Waals surface area contributed by atoms with Gasteiger partial charge in [-0.05, 0) is 48.4 Å². The second kappa shape index (κ2) is 6.40. The van der Waals surface area contributed by atoms with Gasteiger partial charge in [0, 0.05) is 22.6 Å². The van der Waals surface area contributed by atoms with Crippen molar-refractivity contribution in [3.8, 4) is 0 Å². The maximum Gasteiger partial charge on any atom is 0.0451 e. The number of halogens is 2. The number of rotatable bonds is 5. The highest BCUT2D eigenvalue weighted by Gasteiger charge is 2.31. The van der Waals surface area contributed by atoms with E-state index in [-0.39, 0.29) is 0 Å². The SMILES string of the molecule is CCC1(CNCc2cc(Br)ccc2Cl)CCCC1. The van der Waals surface area contributed by atoms with Crippen LogP contribution in [0.4, 0.5) is 0 Å². The average molecular weight is 331 g/mol. The molecule has 1 saturated carbocycles. The van der Waals surface area contributed by atoms with Crippen LogP contribution in [-0.2, 0) is 6.54 Å². The van der Waals surface area contributed by atoms with Crippen LogP contribution in [0.2, 0.25) is 5.02 Å². The molecule has 0 radical (unpaired) electrons. The minimum Gasteiger partial charge on any atom is -0.312 e. The summed E-state index contributed by atoms with van der Waals surface area (Å²) in [5, 5.41) is 4.45. The van der Waals surface area contributed by atoms with Crippen molar-refractivity contribution in [2.75, 3.05) is 6.54 Å². The Hall–Kier alpha value is -0.0500. The fourth-order valence-electron chi connectivity index (χ4n) is 2.92. The molecule has 0 spiro atoms. The minimum atomic E-state index is 0.540. The van der Waals surface area contributed by atoms with E-state index in [0.717, 1.165) is 22.6 Å². The molecule has 1 fully saturated rings. The largest absolute Gasteiger partial charge is 0.312 e. The Morgan fingerprint density at radius 2 is 2.06 bits per heavy atom. The highest BCUT2D eigenvalue weighted by Crippen LogP contribution is 2.40. The lowest BCUT2D eigenvalue weighted by Gasteiger charge is -2.28. The van der Waals surface area contributed by atoms with Gasteiger partial charge in [-0.2, -0.15) is 0 Å². The summed E-state index contributed by atoms with van der Waals surface area (Å²) in [5.74, 6) is 0. The van der Waals surface area contributed by atoms with Crippen molar-refractivity contribution in [3.63, 3.8) is 0 Å². The van der Waals surface area contributed by atoms with Crippen LogP contribution < -0.4 is 5.32 Å². The molecule has 0 aliphatic heterocycles. The van der Waals surface area contributed by atoms with Gasteiger partial charge in [0.2, 0.25) is 0 Å². The molecule has 1 aliphatic rings. The minimum absolute atomic E-state index is 0.540. The van der Waals surface area contributed by atoms with Gasteiger partial charge < -0.3 is 5.32 Å². The van der Waals surface area contributed by atoms with E-state index < -0.39 is 0 Å². The summed E-state index contributed by atoms with van der Waals surface area (Å²) in [4.78, 5) is 0. The molecule has 2 rings (SSSR count). The predicted octanol–water partition coefficient (Wildman–Crippen LogP) is 5.16. The maximum absolute atomic E-state index is 6.20. The van der Waals surface area contributed by atoms with Crippen molar-refractivity contribution >= 4 is 27.5 Å². The third-order valence-corrected chi connectivity index (χ3v) is 5.10. The molecule has 1 nitrogen and oxygen atoms in total. The molecule has 100 valence electrons. The van der Waals surface area contributed by atoms with Crippen molar-refractivity contribution in [1.82, 2.24) is 5.32 Å². The predicted molar refractivity (Wildman–Crippen MR) is 82.1 cm³/mol. The molecule has 0 aromatic heterocycles. The van der Waals surface area contributed by atoms with Gasteiger partial charge in [-0.3, -0.25) is 0 Å². The highest BCUT2D eigenvalue weighted by atomic mass is 79.9. The third-order valence-electron chi connectivity index (χ3n) is 4.24. The summed E-state index contributed by atoms with van der Waals surface area (Å²) in [5.41, 5.74) is 1.72. The van der Waals surface area contributed by atoms with Gasteiger partial charge >= 0.3 is 0 Å². The monoisotopic (exact) mass is 329 g/mol. The van der Waals surface area contributed by atoms with Gasteiger partial charge in [-0.25, -0.2) is 0 Å². The molecule has 18 heavy (non-hydrogen) atoms. The van der Waals surface area contributed by atoms with Gasteiger partial charge in [0.1, 0.15) is 0 Å². The van der Waals surface area contributed by atoms with E-state index in [1.165, 1.54) is 37.7 Å². The zero-order valence-electron chi connectivity index (χ0n) is 10.9. The molecule has 1 N–H and O–H groups in total. The van der Waals surface area contributed by atoms with Gasteiger partial charge in [0.25, 0.3) is 0 Å². The van der Waals surface area contributed by atoms with Gasteiger partial charge in [-0.1, -0.05) is 47.3 Å². The number of hydrogen-bond acceptors (Lipinski definition) is 1. The van der Waals surface area contributed by atoms with Crippen molar-refractivity contribution in [1.29, 1.82) is 0 Å². The second-order valence-corrected chi connectivity index (χ2v) is 6.72. The quantitative estimate of drug-likeness (QED) is 0.786. The van der Waals surface area contributed by atoms with Crippen molar-refractivity contribution in [2.45, 2.75) is 45.6 Å². The summed E-state index contributed by atoms with van der Waals surface area (Å²) < 4.78 is 1.09. The van der Waals surface area contributed by atoms with E-state index in [2.05, 4.69) is 34.2 Å². The first-order valence-corrected chi connectivity index (χ1v) is 7.97. The molecule has 1 aromatic rings. The first kappa shape index (κ1) is 14.4. The molecule has 3 heteroatoms. The molecular weight excluding hydrogens is 310 g/mol. The number of nitrogens with one attached hydrogen (secondary N) is 1. The van der Waals surface area contributed by atoms with Crippen molar-refractivity contribution in [3.05, 3.63) is 33.3 Å². The maximum atomic E-state index is 6.20. The fourth-order valence-corrected chi connectivity index (χ4v) is 3.51. The normalized spacial score (nSPS) is 18.2. The van der Waals surface area contributed by atoms with Crippen LogP contribution in [-0.4, -0.2) is 6.54 Å². The Kier molecular flexibility index (Phi) is 5.11. The molecule has 0 saturated heterocycles. The first-order chi connectivity index (χ1) is 8.65. The van der Waals surface area contributed by atoms with Gasteiger partial charge in [-0.15, -0.1) is 0 Å². The van der Waals surface area contributed by atoms with E-state index in [1.54, 1.807) is 0 Å². The van der Waals surface area contributed by atoms with Crippen molar-refractivity contribution < 1.29 is 0 Å². The van der Waals surface area contributed by atoms with E-state index in [4.69, 9.17) is 11.6 Å². The molecule has 0 bridgehead atoms. The Morgan fingerprint density at radius 3 is 2.72 bits per heavy atom. The van der Waals surface area contributed by atoms with Crippen LogP contribution in [0.15, 0.2) is 22.7 Å². The fraction of sp³-hybridized carbons (Fsp3) is 0.600. The van der Waals surface area contributed by atoms with Crippen LogP contribution >= 0.6 is 27.5 Å². The molecule has 0 heterocycles. The smallest absolute Gasteiger partial charge is 0.0451 e. The third kappa shape index (κ3) is 3.49. The lowest BCUT2D eigenvalue weighted by molar-refractivity contribution is 0.268.